The first-order valence-electron chi connectivity index (χ1n) is 12.5. The second-order valence-corrected chi connectivity index (χ2v) is 8.95. The van der Waals surface area contributed by atoms with Crippen molar-refractivity contribution in [3.8, 4) is 23.0 Å². The Balaban J connectivity index is 1.56. The molecule has 0 heterocycles. The van der Waals surface area contributed by atoms with E-state index in [0.29, 0.717) is 35.0 Å². The molecule has 0 atom stereocenters. The average molecular weight is 519 g/mol. The van der Waals surface area contributed by atoms with Crippen molar-refractivity contribution in [1.82, 2.24) is 5.43 Å². The molecule has 8 heteroatoms. The molecule has 0 spiro atoms. The van der Waals surface area contributed by atoms with Gasteiger partial charge in [-0.25, -0.2) is 10.2 Å². The van der Waals surface area contributed by atoms with E-state index in [2.05, 4.69) is 24.4 Å². The Hall–Kier alpha value is -4.33. The number of hydrazone groups is 1. The molecule has 1 amide bonds. The number of hydrogen-bond acceptors (Lipinski definition) is 7. The highest BCUT2D eigenvalue weighted by Crippen LogP contribution is 2.29. The maximum absolute atomic E-state index is 12.6. The molecule has 0 unspecified atom stereocenters. The summed E-state index contributed by atoms with van der Waals surface area (Å²) in [6.07, 6.45) is 2.37. The molecule has 0 radical (unpaired) electrons. The highest BCUT2D eigenvalue weighted by Gasteiger charge is 2.14. The van der Waals surface area contributed by atoms with Crippen LogP contribution in [-0.4, -0.2) is 38.4 Å². The molecule has 0 aliphatic heterocycles. The molecule has 0 aromatic heterocycles. The van der Waals surface area contributed by atoms with Crippen LogP contribution >= 0.6 is 0 Å². The Morgan fingerprint density at radius 2 is 1.71 bits per heavy atom. The first-order valence-corrected chi connectivity index (χ1v) is 12.5. The van der Waals surface area contributed by atoms with Gasteiger partial charge in [0.2, 0.25) is 0 Å². The average Bonchev–Trinajstić information content (AvgIpc) is 2.91. The van der Waals surface area contributed by atoms with Crippen molar-refractivity contribution in [2.24, 2.45) is 5.10 Å². The fraction of sp³-hybridized carbons (Fsp3) is 0.300. The third-order valence-corrected chi connectivity index (χ3v) is 5.51. The summed E-state index contributed by atoms with van der Waals surface area (Å²) in [5.74, 6) is 1.36. The largest absolute Gasteiger partial charge is 0.494 e. The van der Waals surface area contributed by atoms with Crippen molar-refractivity contribution in [3.63, 3.8) is 0 Å². The molecule has 0 aliphatic rings. The van der Waals surface area contributed by atoms with Gasteiger partial charge in [0.1, 0.15) is 11.5 Å². The van der Waals surface area contributed by atoms with E-state index in [1.165, 1.54) is 13.3 Å². The maximum Gasteiger partial charge on any atom is 0.343 e. The number of nitrogens with one attached hydrogen (secondary N) is 1. The van der Waals surface area contributed by atoms with Crippen LogP contribution in [0.2, 0.25) is 0 Å². The van der Waals surface area contributed by atoms with E-state index < -0.39 is 5.97 Å². The van der Waals surface area contributed by atoms with E-state index in [1.807, 2.05) is 32.0 Å². The number of ether oxygens (including phenoxy) is 4. The number of methoxy groups -OCH3 is 1. The number of carbonyl (C=O) groups is 2. The van der Waals surface area contributed by atoms with Crippen LogP contribution in [0, 0.1) is 6.92 Å². The quantitative estimate of drug-likeness (QED) is 0.144. The summed E-state index contributed by atoms with van der Waals surface area (Å²) >= 11 is 0. The van der Waals surface area contributed by atoms with Gasteiger partial charge in [0, 0.05) is 0 Å². The molecule has 0 aliphatic carbocycles. The predicted octanol–water partition coefficient (Wildman–Crippen LogP) is 5.66. The monoisotopic (exact) mass is 518 g/mol. The van der Waals surface area contributed by atoms with Gasteiger partial charge in [-0.05, 0) is 84.5 Å². The molecule has 0 bridgehead atoms. The lowest BCUT2D eigenvalue weighted by atomic mass is 10.0. The minimum absolute atomic E-state index is 0.162. The van der Waals surface area contributed by atoms with Gasteiger partial charge in [0.25, 0.3) is 5.91 Å². The van der Waals surface area contributed by atoms with Crippen LogP contribution in [0.25, 0.3) is 0 Å². The Labute approximate surface area is 223 Å². The third kappa shape index (κ3) is 8.09. The molecule has 8 nitrogen and oxygen atoms in total. The fourth-order valence-electron chi connectivity index (χ4n) is 3.51. The Bertz CT molecular complexity index is 1270. The summed E-state index contributed by atoms with van der Waals surface area (Å²) in [6.45, 7) is 8.60. The van der Waals surface area contributed by atoms with Crippen molar-refractivity contribution >= 4 is 18.1 Å². The minimum Gasteiger partial charge on any atom is -0.494 e. The predicted molar refractivity (Wildman–Crippen MR) is 147 cm³/mol. The van der Waals surface area contributed by atoms with Crippen molar-refractivity contribution in [3.05, 3.63) is 82.9 Å². The molecule has 3 aromatic carbocycles. The molecule has 200 valence electrons. The Morgan fingerprint density at radius 1 is 0.947 bits per heavy atom. The number of nitrogens with zero attached hydrogens (tertiary/aromatic N) is 1. The standard InChI is InChI=1S/C30H34N2O6/c1-6-15-36-24-11-9-23(10-12-24)30(34)38-26-14-8-22(17-28(26)35-5)18-31-32-29(33)19-37-27-16-21(4)7-13-25(27)20(2)3/h7-14,16-18,20H,6,15,19H2,1-5H3,(H,32,33). The lowest BCUT2D eigenvalue weighted by Crippen LogP contribution is -2.25. The van der Waals surface area contributed by atoms with Crippen molar-refractivity contribution < 1.29 is 28.5 Å². The third-order valence-electron chi connectivity index (χ3n) is 5.51. The van der Waals surface area contributed by atoms with Gasteiger partial charge in [0.05, 0.1) is 25.5 Å². The zero-order chi connectivity index (χ0) is 27.5. The lowest BCUT2D eigenvalue weighted by molar-refractivity contribution is -0.123. The summed E-state index contributed by atoms with van der Waals surface area (Å²) in [6, 6.07) is 17.7. The zero-order valence-corrected chi connectivity index (χ0v) is 22.4. The van der Waals surface area contributed by atoms with Crippen LogP contribution in [-0.2, 0) is 4.79 Å². The van der Waals surface area contributed by atoms with Crippen LogP contribution in [0.15, 0.2) is 65.8 Å². The van der Waals surface area contributed by atoms with Crippen LogP contribution in [0.4, 0.5) is 0 Å². The Morgan fingerprint density at radius 3 is 2.39 bits per heavy atom. The van der Waals surface area contributed by atoms with Gasteiger partial charge in [0.15, 0.2) is 18.1 Å². The van der Waals surface area contributed by atoms with Gasteiger partial charge in [-0.3, -0.25) is 4.79 Å². The van der Waals surface area contributed by atoms with Crippen molar-refractivity contribution in [2.75, 3.05) is 20.3 Å². The normalized spacial score (nSPS) is 10.9. The molecule has 0 saturated heterocycles. The molecule has 0 fully saturated rings. The summed E-state index contributed by atoms with van der Waals surface area (Å²) < 4.78 is 22.2. The Kier molecular flexibility index (Phi) is 10.3. The molecule has 0 saturated carbocycles. The summed E-state index contributed by atoms with van der Waals surface area (Å²) in [5.41, 5.74) is 5.58. The molecule has 3 rings (SSSR count). The van der Waals surface area contributed by atoms with Gasteiger partial charge in [-0.1, -0.05) is 32.9 Å². The highest BCUT2D eigenvalue weighted by atomic mass is 16.6. The number of esters is 1. The van der Waals surface area contributed by atoms with E-state index in [9.17, 15) is 9.59 Å². The molecule has 3 aromatic rings. The maximum atomic E-state index is 12.6. The zero-order valence-electron chi connectivity index (χ0n) is 22.4. The SMILES string of the molecule is CCCOc1ccc(C(=O)Oc2ccc(C=NNC(=O)COc3cc(C)ccc3C(C)C)cc2OC)cc1. The smallest absolute Gasteiger partial charge is 0.343 e. The van der Waals surface area contributed by atoms with Gasteiger partial charge in [-0.15, -0.1) is 0 Å². The first-order chi connectivity index (χ1) is 18.3. The van der Waals surface area contributed by atoms with Crippen molar-refractivity contribution in [1.29, 1.82) is 0 Å². The van der Waals surface area contributed by atoms with E-state index in [-0.39, 0.29) is 24.2 Å². The van der Waals surface area contributed by atoms with E-state index in [4.69, 9.17) is 18.9 Å². The second kappa shape index (κ2) is 13.8. The molecule has 1 N–H and O–H groups in total. The van der Waals surface area contributed by atoms with Gasteiger partial charge in [-0.2, -0.15) is 5.10 Å². The molecular weight excluding hydrogens is 484 g/mol. The van der Waals surface area contributed by atoms with E-state index in [1.54, 1.807) is 42.5 Å². The second-order valence-electron chi connectivity index (χ2n) is 8.95. The number of rotatable bonds is 12. The summed E-state index contributed by atoms with van der Waals surface area (Å²) in [5, 5.41) is 3.99. The van der Waals surface area contributed by atoms with E-state index >= 15 is 0 Å². The topological polar surface area (TPSA) is 95.5 Å². The molecule has 38 heavy (non-hydrogen) atoms. The number of aryl methyl sites for hydroxylation is 1. The van der Waals surface area contributed by atoms with Crippen LogP contribution < -0.4 is 24.4 Å². The highest BCUT2D eigenvalue weighted by molar-refractivity contribution is 5.92. The van der Waals surface area contributed by atoms with Crippen molar-refractivity contribution in [2.45, 2.75) is 40.0 Å². The lowest BCUT2D eigenvalue weighted by Gasteiger charge is -2.14. The van der Waals surface area contributed by atoms with Gasteiger partial charge >= 0.3 is 5.97 Å². The van der Waals surface area contributed by atoms with Crippen LogP contribution in [0.5, 0.6) is 23.0 Å². The minimum atomic E-state index is -0.520. The van der Waals surface area contributed by atoms with Crippen LogP contribution in [0.3, 0.4) is 0 Å². The summed E-state index contributed by atoms with van der Waals surface area (Å²) in [7, 11) is 1.48. The molecular formula is C30H34N2O6. The number of amides is 1. The van der Waals surface area contributed by atoms with Crippen LogP contribution in [0.1, 0.15) is 60.2 Å². The van der Waals surface area contributed by atoms with Gasteiger partial charge < -0.3 is 18.9 Å². The fourth-order valence-corrected chi connectivity index (χ4v) is 3.51. The number of carbonyl (C=O) groups excluding carboxylic acids is 2. The number of benzene rings is 3. The first kappa shape index (κ1) is 28.2. The van der Waals surface area contributed by atoms with E-state index in [0.717, 1.165) is 17.5 Å². The number of hydrogen-bond donors (Lipinski definition) is 1. The summed E-state index contributed by atoms with van der Waals surface area (Å²) in [4.78, 5) is 24.8.